The lowest BCUT2D eigenvalue weighted by molar-refractivity contribution is -0.142. The number of carbonyl (C=O) groups excluding carboxylic acids is 1. The largest absolute Gasteiger partial charge is 0.390 e. The molecular formula is C18H27N3O3. The van der Waals surface area contributed by atoms with E-state index >= 15 is 0 Å². The number of β-amino-alcohol motifs (C(OH)–C–C–N with tert-alkyl or cyclic N) is 1. The number of piperidine rings is 1. The number of aliphatic hydroxyl groups is 1. The van der Waals surface area contributed by atoms with Gasteiger partial charge in [0.2, 0.25) is 5.91 Å². The molecule has 6 heteroatoms. The molecule has 0 radical (unpaired) electrons. The number of likely N-dealkylation sites (tertiary alicyclic amines) is 1. The Balaban J connectivity index is 1.51. The first-order chi connectivity index (χ1) is 11.6. The van der Waals surface area contributed by atoms with Gasteiger partial charge in [-0.1, -0.05) is 12.5 Å². The molecule has 0 unspecified atom stereocenters. The molecule has 1 saturated carbocycles. The lowest BCUT2D eigenvalue weighted by atomic mass is 9.68. The molecule has 24 heavy (non-hydrogen) atoms. The van der Waals surface area contributed by atoms with Gasteiger partial charge in [-0.25, -0.2) is 0 Å². The third kappa shape index (κ3) is 3.77. The van der Waals surface area contributed by atoms with Gasteiger partial charge in [-0.2, -0.15) is 0 Å². The van der Waals surface area contributed by atoms with E-state index < -0.39 is 6.10 Å². The van der Waals surface area contributed by atoms with Crippen molar-refractivity contribution in [2.45, 2.75) is 44.4 Å². The van der Waals surface area contributed by atoms with Crippen LogP contribution in [0.5, 0.6) is 0 Å². The van der Waals surface area contributed by atoms with Gasteiger partial charge in [0, 0.05) is 39.1 Å². The molecular weight excluding hydrogens is 306 g/mol. The Hall–Kier alpha value is -1.50. The van der Waals surface area contributed by atoms with Crippen LogP contribution in [0, 0.1) is 5.41 Å². The summed E-state index contributed by atoms with van der Waals surface area (Å²) in [6, 6.07) is 3.79. The third-order valence-electron chi connectivity index (χ3n) is 5.32. The normalized spacial score (nSPS) is 26.6. The van der Waals surface area contributed by atoms with Gasteiger partial charge in [-0.05, 0) is 30.9 Å². The summed E-state index contributed by atoms with van der Waals surface area (Å²) in [5.74, 6) is 0.0420. The molecule has 132 valence electrons. The molecule has 2 aliphatic rings. The Morgan fingerprint density at radius 2 is 2.38 bits per heavy atom. The predicted molar refractivity (Wildman–Crippen MR) is 90.2 cm³/mol. The molecule has 2 atom stereocenters. The summed E-state index contributed by atoms with van der Waals surface area (Å²) < 4.78 is 5.23. The number of aliphatic hydroxyl groups excluding tert-OH is 1. The van der Waals surface area contributed by atoms with Gasteiger partial charge in [0.15, 0.2) is 0 Å². The van der Waals surface area contributed by atoms with Gasteiger partial charge < -0.3 is 15.2 Å². The van der Waals surface area contributed by atoms with Crippen LogP contribution < -0.4 is 5.32 Å². The number of hydrogen-bond donors (Lipinski definition) is 2. The fraction of sp³-hybridized carbons (Fsp3) is 0.667. The molecule has 1 amide bonds. The second kappa shape index (κ2) is 7.59. The van der Waals surface area contributed by atoms with Gasteiger partial charge in [0.25, 0.3) is 0 Å². The zero-order valence-electron chi connectivity index (χ0n) is 14.3. The van der Waals surface area contributed by atoms with Gasteiger partial charge >= 0.3 is 0 Å². The van der Waals surface area contributed by atoms with Crippen LogP contribution in [0.15, 0.2) is 24.5 Å². The van der Waals surface area contributed by atoms with Crippen molar-refractivity contribution in [3.63, 3.8) is 0 Å². The predicted octanol–water partition coefficient (Wildman–Crippen LogP) is 0.950. The Labute approximate surface area is 143 Å². The van der Waals surface area contributed by atoms with Crippen LogP contribution in [0.2, 0.25) is 0 Å². The molecule has 1 aliphatic heterocycles. The molecule has 2 N–H and O–H groups in total. The number of nitrogens with zero attached hydrogens (tertiary/aromatic N) is 2. The van der Waals surface area contributed by atoms with E-state index in [2.05, 4.69) is 15.2 Å². The number of ether oxygens (including phenoxy) is 1. The Morgan fingerprint density at radius 1 is 1.54 bits per heavy atom. The van der Waals surface area contributed by atoms with Crippen LogP contribution in [0.4, 0.5) is 0 Å². The first-order valence-electron chi connectivity index (χ1n) is 8.72. The minimum atomic E-state index is -0.543. The van der Waals surface area contributed by atoms with Crippen molar-refractivity contribution in [1.29, 1.82) is 0 Å². The van der Waals surface area contributed by atoms with Crippen LogP contribution in [0.25, 0.3) is 0 Å². The van der Waals surface area contributed by atoms with Gasteiger partial charge in [-0.15, -0.1) is 0 Å². The summed E-state index contributed by atoms with van der Waals surface area (Å²) in [5, 5.41) is 13.5. The van der Waals surface area contributed by atoms with Crippen LogP contribution >= 0.6 is 0 Å². The van der Waals surface area contributed by atoms with E-state index in [1.165, 1.54) is 0 Å². The third-order valence-corrected chi connectivity index (χ3v) is 5.32. The Morgan fingerprint density at radius 3 is 2.96 bits per heavy atom. The minimum Gasteiger partial charge on any atom is -0.390 e. The van der Waals surface area contributed by atoms with E-state index in [0.717, 1.165) is 44.3 Å². The smallest absolute Gasteiger partial charge is 0.228 e. The number of aromatic nitrogens is 1. The molecule has 2 fully saturated rings. The number of rotatable bonds is 6. The fourth-order valence-corrected chi connectivity index (χ4v) is 3.70. The Bertz CT molecular complexity index is 548. The summed E-state index contributed by atoms with van der Waals surface area (Å²) in [7, 11) is 1.64. The standard InChI is InChI=1S/C18H27N3O3/c1-24-13-18(6-3-7-18)17(23)20-15-5-9-21(12-16(15)22)11-14-4-2-8-19-10-14/h2,4,8,10,15-16,22H,3,5-7,9,11-13H2,1H3,(H,20,23)/t15-,16-/m1/s1. The quantitative estimate of drug-likeness (QED) is 0.811. The second-order valence-electron chi connectivity index (χ2n) is 7.10. The van der Waals surface area contributed by atoms with Gasteiger partial charge in [0.1, 0.15) is 0 Å². The van der Waals surface area contributed by atoms with Crippen molar-refractivity contribution >= 4 is 5.91 Å². The van der Waals surface area contributed by atoms with Gasteiger partial charge in [0.05, 0.1) is 24.2 Å². The van der Waals surface area contributed by atoms with Crippen LogP contribution in [0.3, 0.4) is 0 Å². The minimum absolute atomic E-state index is 0.0420. The molecule has 1 aromatic heterocycles. The number of methoxy groups -OCH3 is 1. The lowest BCUT2D eigenvalue weighted by Gasteiger charge is -2.42. The molecule has 3 rings (SSSR count). The topological polar surface area (TPSA) is 74.7 Å². The maximum atomic E-state index is 12.6. The summed E-state index contributed by atoms with van der Waals surface area (Å²) in [4.78, 5) is 18.9. The van der Waals surface area contributed by atoms with Crippen molar-refractivity contribution in [2.75, 3.05) is 26.8 Å². The summed E-state index contributed by atoms with van der Waals surface area (Å²) in [5.41, 5.74) is 0.766. The average molecular weight is 333 g/mol. The summed E-state index contributed by atoms with van der Waals surface area (Å²) in [6.45, 7) is 2.67. The maximum absolute atomic E-state index is 12.6. The van der Waals surface area contributed by atoms with Crippen molar-refractivity contribution in [1.82, 2.24) is 15.2 Å². The molecule has 1 saturated heterocycles. The number of hydrogen-bond acceptors (Lipinski definition) is 5. The first kappa shape index (κ1) is 17.3. The highest BCUT2D eigenvalue weighted by atomic mass is 16.5. The van der Waals surface area contributed by atoms with Crippen LogP contribution in [-0.4, -0.2) is 59.8 Å². The highest BCUT2D eigenvalue weighted by Gasteiger charge is 2.45. The van der Waals surface area contributed by atoms with Crippen molar-refractivity contribution < 1.29 is 14.6 Å². The lowest BCUT2D eigenvalue weighted by Crippen LogP contribution is -2.58. The highest BCUT2D eigenvalue weighted by molar-refractivity contribution is 5.84. The SMILES string of the molecule is COCC1(C(=O)N[C@@H]2CCN(Cc3cccnc3)C[C@H]2O)CCC1. The first-order valence-corrected chi connectivity index (χ1v) is 8.72. The molecule has 6 nitrogen and oxygen atoms in total. The monoisotopic (exact) mass is 333 g/mol. The molecule has 2 heterocycles. The maximum Gasteiger partial charge on any atom is 0.228 e. The average Bonchev–Trinajstić information content (AvgIpc) is 2.54. The molecule has 1 aliphatic carbocycles. The van der Waals surface area contributed by atoms with E-state index in [1.807, 2.05) is 18.3 Å². The molecule has 0 aromatic carbocycles. The van der Waals surface area contributed by atoms with E-state index in [1.54, 1.807) is 13.3 Å². The summed E-state index contributed by atoms with van der Waals surface area (Å²) >= 11 is 0. The highest BCUT2D eigenvalue weighted by Crippen LogP contribution is 2.41. The van der Waals surface area contributed by atoms with Gasteiger partial charge in [-0.3, -0.25) is 14.7 Å². The van der Waals surface area contributed by atoms with Crippen molar-refractivity contribution in [2.24, 2.45) is 5.41 Å². The van der Waals surface area contributed by atoms with E-state index in [4.69, 9.17) is 4.74 Å². The van der Waals surface area contributed by atoms with Crippen molar-refractivity contribution in [3.8, 4) is 0 Å². The number of amides is 1. The van der Waals surface area contributed by atoms with E-state index in [-0.39, 0.29) is 17.4 Å². The van der Waals surface area contributed by atoms with Crippen molar-refractivity contribution in [3.05, 3.63) is 30.1 Å². The number of pyridine rings is 1. The van der Waals surface area contributed by atoms with Crippen LogP contribution in [-0.2, 0) is 16.1 Å². The Kier molecular flexibility index (Phi) is 5.48. The van der Waals surface area contributed by atoms with E-state index in [0.29, 0.717) is 13.2 Å². The molecule has 0 bridgehead atoms. The molecule has 0 spiro atoms. The number of nitrogens with one attached hydrogen (secondary N) is 1. The van der Waals surface area contributed by atoms with E-state index in [9.17, 15) is 9.90 Å². The van der Waals surface area contributed by atoms with Crippen LogP contribution in [0.1, 0.15) is 31.2 Å². The number of carbonyl (C=O) groups is 1. The zero-order chi connectivity index (χ0) is 17.0. The summed E-state index contributed by atoms with van der Waals surface area (Å²) in [6.07, 6.45) is 6.66. The fourth-order valence-electron chi connectivity index (χ4n) is 3.70. The second-order valence-corrected chi connectivity index (χ2v) is 7.10. The zero-order valence-corrected chi connectivity index (χ0v) is 14.3. The molecule has 1 aromatic rings.